The van der Waals surface area contributed by atoms with Crippen LogP contribution in [0.1, 0.15) is 48.8 Å². The highest BCUT2D eigenvalue weighted by Gasteiger charge is 2.40. The summed E-state index contributed by atoms with van der Waals surface area (Å²) in [5.41, 5.74) is 7.36. The number of pyridine rings is 1. The maximum atomic E-state index is 13.5. The van der Waals surface area contributed by atoms with Gasteiger partial charge in [0.15, 0.2) is 0 Å². The fourth-order valence-corrected chi connectivity index (χ4v) is 4.67. The molecule has 184 valence electrons. The molecule has 9 heteroatoms. The zero-order valence-electron chi connectivity index (χ0n) is 20.5. The van der Waals surface area contributed by atoms with Gasteiger partial charge in [-0.15, -0.1) is 10.2 Å². The predicted molar refractivity (Wildman–Crippen MR) is 138 cm³/mol. The van der Waals surface area contributed by atoms with Crippen molar-refractivity contribution in [2.24, 2.45) is 21.2 Å². The van der Waals surface area contributed by atoms with Crippen molar-refractivity contribution in [3.8, 4) is 0 Å². The highest BCUT2D eigenvalue weighted by molar-refractivity contribution is 6.37. The van der Waals surface area contributed by atoms with Gasteiger partial charge in [0, 0.05) is 30.9 Å². The molecule has 36 heavy (non-hydrogen) atoms. The number of piperazine rings is 1. The number of fused-ring (bicyclic) bond motifs is 1. The Morgan fingerprint density at radius 1 is 1.03 bits per heavy atom. The van der Waals surface area contributed by atoms with Crippen molar-refractivity contribution in [1.82, 2.24) is 14.8 Å². The summed E-state index contributed by atoms with van der Waals surface area (Å²) in [5, 5.41) is 13.6. The largest absolute Gasteiger partial charge is 0.378 e. The Morgan fingerprint density at radius 2 is 1.75 bits per heavy atom. The Bertz CT molecular complexity index is 1360. The maximum Gasteiger partial charge on any atom is 0.291 e. The van der Waals surface area contributed by atoms with Crippen LogP contribution in [0.15, 0.2) is 76.1 Å². The summed E-state index contributed by atoms with van der Waals surface area (Å²) in [5.74, 6) is -0.372. The monoisotopic (exact) mass is 483 g/mol. The van der Waals surface area contributed by atoms with Gasteiger partial charge in [-0.25, -0.2) is 4.98 Å². The molecule has 1 aliphatic carbocycles. The van der Waals surface area contributed by atoms with Crippen molar-refractivity contribution >= 4 is 34.1 Å². The first kappa shape index (κ1) is 23.6. The lowest BCUT2D eigenvalue weighted by Gasteiger charge is -2.46. The highest BCUT2D eigenvalue weighted by Crippen LogP contribution is 2.42. The number of hydrogen-bond acceptors (Lipinski definition) is 5. The van der Waals surface area contributed by atoms with Crippen molar-refractivity contribution in [1.29, 1.82) is 0 Å². The van der Waals surface area contributed by atoms with Crippen LogP contribution in [-0.2, 0) is 4.79 Å². The summed E-state index contributed by atoms with van der Waals surface area (Å²) in [6, 6.07) is 19.0. The van der Waals surface area contributed by atoms with Gasteiger partial charge >= 0.3 is 0 Å². The second-order valence-corrected chi connectivity index (χ2v) is 9.89. The van der Waals surface area contributed by atoms with Crippen LogP contribution in [0, 0.1) is 0 Å². The third-order valence-electron chi connectivity index (χ3n) is 6.68. The van der Waals surface area contributed by atoms with Crippen LogP contribution >= 0.6 is 0 Å². The van der Waals surface area contributed by atoms with Crippen molar-refractivity contribution < 1.29 is 9.59 Å². The van der Waals surface area contributed by atoms with Gasteiger partial charge in [-0.2, -0.15) is 0 Å². The lowest BCUT2D eigenvalue weighted by atomic mass is 9.97. The van der Waals surface area contributed by atoms with Crippen molar-refractivity contribution in [3.05, 3.63) is 72.1 Å². The topological polar surface area (TPSA) is 117 Å². The zero-order valence-corrected chi connectivity index (χ0v) is 20.5. The quantitative estimate of drug-likeness (QED) is 0.259. The molecule has 5 rings (SSSR count). The number of rotatable bonds is 4. The number of carbonyl (C=O) groups excluding carboxylic acids is 2. The van der Waals surface area contributed by atoms with Crippen LogP contribution in [0.5, 0.6) is 0 Å². The summed E-state index contributed by atoms with van der Waals surface area (Å²) < 4.78 is 0. The highest BCUT2D eigenvalue weighted by atomic mass is 16.2. The van der Waals surface area contributed by atoms with E-state index in [4.69, 9.17) is 10.7 Å². The van der Waals surface area contributed by atoms with E-state index in [0.29, 0.717) is 36.9 Å². The average Bonchev–Trinajstić information content (AvgIpc) is 3.73. The fourth-order valence-electron chi connectivity index (χ4n) is 4.67. The van der Waals surface area contributed by atoms with E-state index in [-0.39, 0.29) is 11.7 Å². The van der Waals surface area contributed by atoms with Crippen LogP contribution < -0.4 is 5.73 Å². The number of amidine groups is 1. The zero-order chi connectivity index (χ0) is 25.3. The first-order chi connectivity index (χ1) is 17.3. The van der Waals surface area contributed by atoms with Crippen LogP contribution in [0.25, 0.3) is 10.8 Å². The van der Waals surface area contributed by atoms with Crippen LogP contribution in [0.2, 0.25) is 0 Å². The minimum Gasteiger partial charge on any atom is -0.378 e. The summed E-state index contributed by atoms with van der Waals surface area (Å²) >= 11 is 0. The second kappa shape index (κ2) is 9.49. The molecule has 2 heterocycles. The van der Waals surface area contributed by atoms with Crippen LogP contribution in [0.3, 0.4) is 0 Å². The molecule has 0 unspecified atom stereocenters. The van der Waals surface area contributed by atoms with Gasteiger partial charge in [0.25, 0.3) is 11.8 Å². The predicted octanol–water partition coefficient (Wildman–Crippen LogP) is 4.23. The van der Waals surface area contributed by atoms with E-state index in [0.717, 1.165) is 29.3 Å². The molecule has 2 amide bonds. The van der Waals surface area contributed by atoms with Crippen LogP contribution in [0.4, 0.5) is 5.69 Å². The second-order valence-electron chi connectivity index (χ2n) is 9.89. The number of amides is 2. The minimum absolute atomic E-state index is 0.124. The molecule has 1 saturated carbocycles. The first-order valence-electron chi connectivity index (χ1n) is 12.1. The molecule has 9 nitrogen and oxygen atoms in total. The molecule has 0 atom stereocenters. The molecule has 2 N–H and O–H groups in total. The SMILES string of the molecule is CC1(C)CN(C(=O)c2cc3ccccc3c(C3CC3)n2)CCN1C(=O)/C(N)=N/N=Nc1ccccc1. The molecule has 0 radical (unpaired) electrons. The number of aromatic nitrogens is 1. The normalized spacial score (nSPS) is 18.1. The lowest BCUT2D eigenvalue weighted by Crippen LogP contribution is -2.63. The summed E-state index contributed by atoms with van der Waals surface area (Å²) in [7, 11) is 0. The fraction of sp³-hybridized carbons (Fsp3) is 0.333. The minimum atomic E-state index is -0.655. The molecule has 0 spiro atoms. The van der Waals surface area contributed by atoms with E-state index in [9.17, 15) is 9.59 Å². The molecular formula is C27H29N7O2. The summed E-state index contributed by atoms with van der Waals surface area (Å²) in [6.45, 7) is 4.87. The van der Waals surface area contributed by atoms with E-state index < -0.39 is 11.4 Å². The van der Waals surface area contributed by atoms with Crippen molar-refractivity contribution in [3.63, 3.8) is 0 Å². The molecule has 1 aromatic heterocycles. The lowest BCUT2D eigenvalue weighted by molar-refractivity contribution is -0.132. The van der Waals surface area contributed by atoms with Gasteiger partial charge in [0.2, 0.25) is 5.84 Å². The smallest absolute Gasteiger partial charge is 0.291 e. The summed E-state index contributed by atoms with van der Waals surface area (Å²) in [4.78, 5) is 34.7. The molecule has 2 fully saturated rings. The van der Waals surface area contributed by atoms with Gasteiger partial charge in [-0.05, 0) is 55.5 Å². The molecule has 0 bridgehead atoms. The Labute approximate surface area is 209 Å². The Balaban J connectivity index is 1.30. The number of nitrogens with two attached hydrogens (primary N) is 1. The Hall–Kier alpha value is -4.14. The standard InChI is InChI=1S/C27H29N7O2/c1-27(2)17-33(14-15-34(27)26(36)24(28)31-32-30-20-9-4-3-5-10-20)25(35)22-16-19-8-6-7-11-21(19)23(29-22)18-12-13-18/h3-11,16,18H,12-15,17H2,1-2H3,(H2,28,30,31). The van der Waals surface area contributed by atoms with Gasteiger partial charge < -0.3 is 15.5 Å². The number of carbonyl (C=O) groups is 2. The summed E-state index contributed by atoms with van der Waals surface area (Å²) in [6.07, 6.45) is 2.21. The number of hydrogen-bond donors (Lipinski definition) is 1. The maximum absolute atomic E-state index is 13.5. The van der Waals surface area contributed by atoms with E-state index in [1.54, 1.807) is 21.9 Å². The van der Waals surface area contributed by atoms with E-state index >= 15 is 0 Å². The van der Waals surface area contributed by atoms with E-state index in [2.05, 4.69) is 21.5 Å². The molecule has 3 aromatic rings. The van der Waals surface area contributed by atoms with E-state index in [1.807, 2.05) is 56.3 Å². The molecule has 2 aliphatic rings. The molecule has 1 aliphatic heterocycles. The van der Waals surface area contributed by atoms with Gasteiger partial charge in [0.05, 0.1) is 16.9 Å². The van der Waals surface area contributed by atoms with Crippen molar-refractivity contribution in [2.75, 3.05) is 19.6 Å². The van der Waals surface area contributed by atoms with Crippen LogP contribution in [-0.4, -0.2) is 57.6 Å². The third-order valence-corrected chi connectivity index (χ3v) is 6.68. The third kappa shape index (κ3) is 4.82. The Morgan fingerprint density at radius 3 is 2.47 bits per heavy atom. The first-order valence-corrected chi connectivity index (χ1v) is 12.1. The number of benzene rings is 2. The van der Waals surface area contributed by atoms with Gasteiger partial charge in [-0.3, -0.25) is 9.59 Å². The van der Waals surface area contributed by atoms with E-state index in [1.165, 1.54) is 0 Å². The van der Waals surface area contributed by atoms with Gasteiger partial charge in [-0.1, -0.05) is 42.5 Å². The van der Waals surface area contributed by atoms with Gasteiger partial charge in [0.1, 0.15) is 5.69 Å². The molecule has 2 aromatic carbocycles. The average molecular weight is 484 g/mol. The molecule has 1 saturated heterocycles. The van der Waals surface area contributed by atoms with Crippen molar-refractivity contribution in [2.45, 2.75) is 38.1 Å². The number of nitrogens with zero attached hydrogens (tertiary/aromatic N) is 6. The molecular weight excluding hydrogens is 454 g/mol. The Kier molecular flexibility index (Phi) is 6.22.